The van der Waals surface area contributed by atoms with Crippen LogP contribution in [0.25, 0.3) is 11.4 Å². The predicted molar refractivity (Wildman–Crippen MR) is 115 cm³/mol. The normalized spacial score (nSPS) is 11.9. The molecule has 3 rings (SSSR count). The van der Waals surface area contributed by atoms with E-state index in [0.717, 1.165) is 23.4 Å². The second kappa shape index (κ2) is 9.46. The van der Waals surface area contributed by atoms with E-state index in [0.29, 0.717) is 30.2 Å². The summed E-state index contributed by atoms with van der Waals surface area (Å²) in [7, 11) is 0. The molecule has 0 aliphatic heterocycles. The van der Waals surface area contributed by atoms with E-state index in [1.807, 2.05) is 47.9 Å². The largest absolute Gasteiger partial charge is 0.356 e. The number of aromatic amines is 1. The topological polar surface area (TPSA) is 62.7 Å². The molecule has 0 bridgehead atoms. The van der Waals surface area contributed by atoms with Crippen molar-refractivity contribution in [1.82, 2.24) is 20.1 Å². The fraction of sp³-hybridized carbons (Fsp3) is 0.318. The van der Waals surface area contributed by atoms with Crippen molar-refractivity contribution in [3.8, 4) is 11.4 Å². The molecule has 1 unspecified atom stereocenters. The second-order valence-electron chi connectivity index (χ2n) is 7.07. The minimum atomic E-state index is 0.0264. The fourth-order valence-electron chi connectivity index (χ4n) is 3.21. The van der Waals surface area contributed by atoms with Crippen LogP contribution in [0.1, 0.15) is 36.8 Å². The molecule has 0 aliphatic rings. The van der Waals surface area contributed by atoms with E-state index in [2.05, 4.69) is 40.6 Å². The smallest absolute Gasteiger partial charge is 0.221 e. The van der Waals surface area contributed by atoms with E-state index in [-0.39, 0.29) is 5.91 Å². The van der Waals surface area contributed by atoms with Crippen molar-refractivity contribution in [2.75, 3.05) is 6.54 Å². The third-order valence-electron chi connectivity index (χ3n) is 4.87. The molecule has 1 amide bonds. The summed E-state index contributed by atoms with van der Waals surface area (Å²) in [4.78, 5) is 12.3. The van der Waals surface area contributed by atoms with Crippen molar-refractivity contribution in [2.45, 2.75) is 39.2 Å². The van der Waals surface area contributed by atoms with Gasteiger partial charge in [-0.15, -0.1) is 0 Å². The van der Waals surface area contributed by atoms with Gasteiger partial charge in [0.1, 0.15) is 0 Å². The highest BCUT2D eigenvalue weighted by Crippen LogP contribution is 2.19. The first-order chi connectivity index (χ1) is 13.5. The predicted octanol–water partition coefficient (Wildman–Crippen LogP) is 4.62. The maximum Gasteiger partial charge on any atom is 0.221 e. The van der Waals surface area contributed by atoms with Crippen LogP contribution in [0.5, 0.6) is 0 Å². The number of nitrogens with zero attached hydrogens (tertiary/aromatic N) is 2. The molecule has 0 saturated heterocycles. The standard InChI is InChI=1S/C22H26N4OS/c1-16-7-6-10-19(15-16)21-24-25-22(28)26(21)14-12-20(27)23-13-11-17(2)18-8-4-3-5-9-18/h3-10,15,17H,11-14H2,1-2H3,(H,23,27)(H,25,28). The van der Waals surface area contributed by atoms with Crippen LogP contribution in [0.2, 0.25) is 0 Å². The van der Waals surface area contributed by atoms with Gasteiger partial charge in [-0.1, -0.05) is 61.0 Å². The molecule has 0 aliphatic carbocycles. The van der Waals surface area contributed by atoms with Gasteiger partial charge in [0.2, 0.25) is 5.91 Å². The summed E-state index contributed by atoms with van der Waals surface area (Å²) in [6.45, 7) is 5.38. The average molecular weight is 395 g/mol. The number of aromatic nitrogens is 3. The van der Waals surface area contributed by atoms with Crippen LogP contribution in [-0.4, -0.2) is 27.2 Å². The quantitative estimate of drug-likeness (QED) is 0.548. The highest BCUT2D eigenvalue weighted by atomic mass is 32.1. The number of hydrogen-bond acceptors (Lipinski definition) is 3. The minimum absolute atomic E-state index is 0.0264. The van der Waals surface area contributed by atoms with Crippen LogP contribution >= 0.6 is 12.2 Å². The van der Waals surface area contributed by atoms with Crippen molar-refractivity contribution < 1.29 is 4.79 Å². The summed E-state index contributed by atoms with van der Waals surface area (Å²) < 4.78 is 2.41. The molecule has 1 heterocycles. The van der Waals surface area contributed by atoms with Crippen molar-refractivity contribution in [3.05, 3.63) is 70.5 Å². The Morgan fingerprint density at radius 1 is 1.21 bits per heavy atom. The molecule has 3 aromatic rings. The molecule has 1 atom stereocenters. The van der Waals surface area contributed by atoms with Crippen LogP contribution in [0.3, 0.4) is 0 Å². The summed E-state index contributed by atoms with van der Waals surface area (Å²) in [5.41, 5.74) is 3.44. The van der Waals surface area contributed by atoms with Gasteiger partial charge in [-0.3, -0.25) is 14.5 Å². The van der Waals surface area contributed by atoms with E-state index in [1.165, 1.54) is 5.56 Å². The van der Waals surface area contributed by atoms with E-state index in [9.17, 15) is 4.79 Å². The van der Waals surface area contributed by atoms with Crippen molar-refractivity contribution in [2.24, 2.45) is 0 Å². The van der Waals surface area contributed by atoms with Crippen LogP contribution in [0.15, 0.2) is 54.6 Å². The van der Waals surface area contributed by atoms with Gasteiger partial charge in [0.15, 0.2) is 10.6 Å². The van der Waals surface area contributed by atoms with Gasteiger partial charge >= 0.3 is 0 Å². The van der Waals surface area contributed by atoms with Crippen molar-refractivity contribution in [1.29, 1.82) is 0 Å². The molecular formula is C22H26N4OS. The maximum absolute atomic E-state index is 12.3. The first-order valence-electron chi connectivity index (χ1n) is 9.58. The van der Waals surface area contributed by atoms with Gasteiger partial charge in [0.05, 0.1) is 0 Å². The number of nitrogens with one attached hydrogen (secondary N) is 2. The molecule has 2 N–H and O–H groups in total. The Bertz CT molecular complexity index is 977. The molecule has 28 heavy (non-hydrogen) atoms. The van der Waals surface area contributed by atoms with Crippen molar-refractivity contribution in [3.63, 3.8) is 0 Å². The Hall–Kier alpha value is -2.73. The number of H-pyrrole nitrogens is 1. The van der Waals surface area contributed by atoms with E-state index < -0.39 is 0 Å². The molecule has 1 aromatic heterocycles. The number of benzene rings is 2. The molecule has 0 saturated carbocycles. The zero-order valence-corrected chi connectivity index (χ0v) is 17.1. The highest BCUT2D eigenvalue weighted by molar-refractivity contribution is 7.71. The number of carbonyl (C=O) groups excluding carboxylic acids is 1. The van der Waals surface area contributed by atoms with Gasteiger partial charge < -0.3 is 5.32 Å². The average Bonchev–Trinajstić information content (AvgIpc) is 3.07. The van der Waals surface area contributed by atoms with E-state index in [4.69, 9.17) is 12.2 Å². The monoisotopic (exact) mass is 394 g/mol. The summed E-state index contributed by atoms with van der Waals surface area (Å²) >= 11 is 5.35. The lowest BCUT2D eigenvalue weighted by Gasteiger charge is -2.13. The number of amides is 1. The number of hydrogen-bond donors (Lipinski definition) is 2. The molecular weight excluding hydrogens is 368 g/mol. The zero-order valence-electron chi connectivity index (χ0n) is 16.3. The molecule has 0 spiro atoms. The lowest BCUT2D eigenvalue weighted by atomic mass is 9.98. The van der Waals surface area contributed by atoms with Gasteiger partial charge in [0, 0.05) is 25.1 Å². The summed E-state index contributed by atoms with van der Waals surface area (Å²) in [5.74, 6) is 1.20. The molecule has 0 radical (unpaired) electrons. The molecule has 6 heteroatoms. The number of carbonyl (C=O) groups is 1. The van der Waals surface area contributed by atoms with Crippen molar-refractivity contribution >= 4 is 18.1 Å². The molecule has 5 nitrogen and oxygen atoms in total. The molecule has 0 fully saturated rings. The number of rotatable bonds is 8. The SMILES string of the molecule is Cc1cccc(-c2n[nH]c(=S)n2CCC(=O)NCCC(C)c2ccccc2)c1. The first-order valence-corrected chi connectivity index (χ1v) is 9.99. The van der Waals surface area contributed by atoms with E-state index >= 15 is 0 Å². The Morgan fingerprint density at radius 2 is 2.00 bits per heavy atom. The summed E-state index contributed by atoms with van der Waals surface area (Å²) in [6.07, 6.45) is 1.28. The Kier molecular flexibility index (Phi) is 6.76. The third-order valence-corrected chi connectivity index (χ3v) is 5.18. The highest BCUT2D eigenvalue weighted by Gasteiger charge is 2.11. The lowest BCUT2D eigenvalue weighted by Crippen LogP contribution is -2.26. The van der Waals surface area contributed by atoms with Gasteiger partial charge in [0.25, 0.3) is 0 Å². The van der Waals surface area contributed by atoms with E-state index in [1.54, 1.807) is 0 Å². The Balaban J connectivity index is 1.53. The van der Waals surface area contributed by atoms with Crippen LogP contribution < -0.4 is 5.32 Å². The molecule has 2 aromatic carbocycles. The van der Waals surface area contributed by atoms with Crippen LogP contribution in [-0.2, 0) is 11.3 Å². The Morgan fingerprint density at radius 3 is 2.75 bits per heavy atom. The van der Waals surface area contributed by atoms with Crippen LogP contribution in [0, 0.1) is 11.7 Å². The third kappa shape index (κ3) is 5.16. The number of aryl methyl sites for hydroxylation is 1. The summed E-state index contributed by atoms with van der Waals surface area (Å²) in [5, 5.41) is 10.2. The fourth-order valence-corrected chi connectivity index (χ4v) is 3.43. The lowest BCUT2D eigenvalue weighted by molar-refractivity contribution is -0.121. The zero-order chi connectivity index (χ0) is 19.9. The van der Waals surface area contributed by atoms with Gasteiger partial charge in [-0.05, 0) is 43.1 Å². The van der Waals surface area contributed by atoms with Gasteiger partial charge in [-0.2, -0.15) is 5.10 Å². The minimum Gasteiger partial charge on any atom is -0.356 e. The first kappa shape index (κ1) is 20.0. The second-order valence-corrected chi connectivity index (χ2v) is 7.46. The van der Waals surface area contributed by atoms with Crippen LogP contribution in [0.4, 0.5) is 0 Å². The maximum atomic E-state index is 12.3. The Labute approximate surface area is 170 Å². The summed E-state index contributed by atoms with van der Waals surface area (Å²) in [6, 6.07) is 18.5. The van der Waals surface area contributed by atoms with Gasteiger partial charge in [-0.25, -0.2) is 0 Å². The molecule has 146 valence electrons.